The number of carbonyl (C=O) groups is 2. The highest BCUT2D eigenvalue weighted by Gasteiger charge is 2.51. The van der Waals surface area contributed by atoms with Crippen LogP contribution in [0.3, 0.4) is 0 Å². The third kappa shape index (κ3) is 2.30. The lowest BCUT2D eigenvalue weighted by Gasteiger charge is -2.34. The third-order valence-electron chi connectivity index (χ3n) is 3.85. The summed E-state index contributed by atoms with van der Waals surface area (Å²) in [5, 5.41) is 2.50. The summed E-state index contributed by atoms with van der Waals surface area (Å²) in [6.07, 6.45) is 8.15. The van der Waals surface area contributed by atoms with Crippen molar-refractivity contribution in [3.8, 4) is 0 Å². The molecule has 4 nitrogen and oxygen atoms in total. The molecule has 1 N–H and O–H groups in total. The molecule has 0 bridgehead atoms. The molecule has 1 saturated heterocycles. The van der Waals surface area contributed by atoms with E-state index in [2.05, 4.69) is 5.32 Å². The molecule has 1 aliphatic carbocycles. The number of rotatable bonds is 3. The van der Waals surface area contributed by atoms with Gasteiger partial charge in [0.15, 0.2) is 0 Å². The topological polar surface area (TPSA) is 49.4 Å². The fourth-order valence-electron chi connectivity index (χ4n) is 2.91. The molecule has 96 valence electrons. The molecule has 2 fully saturated rings. The smallest absolute Gasteiger partial charge is 0.309 e. The molecule has 1 spiro atoms. The summed E-state index contributed by atoms with van der Waals surface area (Å²) in [5.41, 5.74) is -0.524. The molecule has 1 heterocycles. The van der Waals surface area contributed by atoms with Crippen molar-refractivity contribution < 1.29 is 9.59 Å². The second kappa shape index (κ2) is 5.29. The maximum atomic E-state index is 12.1. The zero-order valence-corrected chi connectivity index (χ0v) is 11.1. The van der Waals surface area contributed by atoms with E-state index in [4.69, 9.17) is 0 Å². The number of thioether (sulfide) groups is 1. The van der Waals surface area contributed by atoms with Gasteiger partial charge in [-0.2, -0.15) is 11.8 Å². The highest BCUT2D eigenvalue weighted by molar-refractivity contribution is 7.98. The second-order valence-corrected chi connectivity index (χ2v) is 5.84. The Morgan fingerprint density at radius 1 is 1.24 bits per heavy atom. The molecule has 2 aliphatic rings. The van der Waals surface area contributed by atoms with Crippen LogP contribution >= 0.6 is 11.8 Å². The standard InChI is InChI=1S/C12H20N2O2S/c1-17-9-8-14-11(16)13-10(15)12(14)6-4-2-3-5-7-12/h2-9H2,1H3,(H,13,15,16). The van der Waals surface area contributed by atoms with E-state index >= 15 is 0 Å². The number of amides is 3. The van der Waals surface area contributed by atoms with Crippen LogP contribution in [0.25, 0.3) is 0 Å². The Morgan fingerprint density at radius 2 is 1.88 bits per heavy atom. The summed E-state index contributed by atoms with van der Waals surface area (Å²) in [7, 11) is 0. The molecule has 0 aromatic rings. The van der Waals surface area contributed by atoms with Crippen molar-refractivity contribution in [2.24, 2.45) is 0 Å². The first kappa shape index (κ1) is 12.7. The van der Waals surface area contributed by atoms with Gasteiger partial charge in [0, 0.05) is 12.3 Å². The van der Waals surface area contributed by atoms with Crippen molar-refractivity contribution >= 4 is 23.7 Å². The Kier molecular flexibility index (Phi) is 3.97. The van der Waals surface area contributed by atoms with E-state index in [0.29, 0.717) is 6.54 Å². The second-order valence-electron chi connectivity index (χ2n) is 4.85. The Balaban J connectivity index is 2.19. The van der Waals surface area contributed by atoms with Gasteiger partial charge in [0.05, 0.1) is 0 Å². The van der Waals surface area contributed by atoms with Gasteiger partial charge >= 0.3 is 6.03 Å². The lowest BCUT2D eigenvalue weighted by molar-refractivity contribution is -0.127. The molecular formula is C12H20N2O2S. The molecule has 17 heavy (non-hydrogen) atoms. The zero-order chi connectivity index (χ0) is 12.3. The first-order valence-corrected chi connectivity index (χ1v) is 7.72. The van der Waals surface area contributed by atoms with Crippen molar-refractivity contribution in [3.63, 3.8) is 0 Å². The van der Waals surface area contributed by atoms with E-state index in [9.17, 15) is 9.59 Å². The average Bonchev–Trinajstić information content (AvgIpc) is 2.50. The molecule has 2 rings (SSSR count). The maximum absolute atomic E-state index is 12.1. The Bertz CT molecular complexity index is 312. The van der Waals surface area contributed by atoms with Crippen LogP contribution in [0.5, 0.6) is 0 Å². The first-order chi connectivity index (χ1) is 8.20. The molecular weight excluding hydrogens is 236 g/mol. The number of hydrogen-bond donors (Lipinski definition) is 1. The molecule has 3 amide bonds. The molecule has 0 aromatic heterocycles. The van der Waals surface area contributed by atoms with Gasteiger partial charge in [-0.1, -0.05) is 25.7 Å². The van der Waals surface area contributed by atoms with Gasteiger partial charge in [-0.15, -0.1) is 0 Å². The summed E-state index contributed by atoms with van der Waals surface area (Å²) in [5.74, 6) is 0.827. The number of nitrogens with one attached hydrogen (secondary N) is 1. The van der Waals surface area contributed by atoms with Crippen molar-refractivity contribution in [3.05, 3.63) is 0 Å². The SMILES string of the molecule is CSCCN1C(=O)NC(=O)C12CCCCCC2. The fraction of sp³-hybridized carbons (Fsp3) is 0.833. The van der Waals surface area contributed by atoms with Crippen LogP contribution in [-0.2, 0) is 4.79 Å². The summed E-state index contributed by atoms with van der Waals surface area (Å²) in [4.78, 5) is 25.8. The monoisotopic (exact) mass is 256 g/mol. The van der Waals surface area contributed by atoms with E-state index in [-0.39, 0.29) is 11.9 Å². The lowest BCUT2D eigenvalue weighted by Crippen LogP contribution is -2.50. The summed E-state index contributed by atoms with van der Waals surface area (Å²) in [6, 6.07) is -0.189. The number of imide groups is 1. The molecule has 1 aliphatic heterocycles. The van der Waals surface area contributed by atoms with Gasteiger partial charge in [0.2, 0.25) is 0 Å². The first-order valence-electron chi connectivity index (χ1n) is 6.33. The van der Waals surface area contributed by atoms with Crippen LogP contribution in [0.15, 0.2) is 0 Å². The largest absolute Gasteiger partial charge is 0.325 e. The summed E-state index contributed by atoms with van der Waals surface area (Å²) in [6.45, 7) is 0.679. The number of hydrogen-bond acceptors (Lipinski definition) is 3. The predicted octanol–water partition coefficient (Wildman–Crippen LogP) is 1.99. The minimum absolute atomic E-state index is 0.0643. The van der Waals surface area contributed by atoms with Gasteiger partial charge in [-0.25, -0.2) is 4.79 Å². The molecule has 0 aromatic carbocycles. The van der Waals surface area contributed by atoms with E-state index in [1.807, 2.05) is 6.26 Å². The molecule has 0 atom stereocenters. The van der Waals surface area contributed by atoms with E-state index < -0.39 is 5.54 Å². The van der Waals surface area contributed by atoms with Crippen LogP contribution < -0.4 is 5.32 Å². The summed E-state index contributed by atoms with van der Waals surface area (Å²) >= 11 is 1.71. The minimum atomic E-state index is -0.524. The Labute approximate surface area is 106 Å². The zero-order valence-electron chi connectivity index (χ0n) is 10.3. The molecule has 5 heteroatoms. The van der Waals surface area contributed by atoms with Crippen LogP contribution in [0, 0.1) is 0 Å². The van der Waals surface area contributed by atoms with E-state index in [1.54, 1.807) is 16.7 Å². The van der Waals surface area contributed by atoms with Crippen molar-refractivity contribution in [2.75, 3.05) is 18.6 Å². The third-order valence-corrected chi connectivity index (χ3v) is 4.45. The minimum Gasteiger partial charge on any atom is -0.309 e. The van der Waals surface area contributed by atoms with Gasteiger partial charge in [-0.3, -0.25) is 10.1 Å². The molecule has 0 unspecified atom stereocenters. The van der Waals surface area contributed by atoms with Crippen LogP contribution in [-0.4, -0.2) is 40.9 Å². The summed E-state index contributed by atoms with van der Waals surface area (Å²) < 4.78 is 0. The Morgan fingerprint density at radius 3 is 2.47 bits per heavy atom. The quantitative estimate of drug-likeness (QED) is 0.786. The fourth-order valence-corrected chi connectivity index (χ4v) is 3.27. The van der Waals surface area contributed by atoms with Gasteiger partial charge in [0.25, 0.3) is 5.91 Å². The number of nitrogens with zero attached hydrogens (tertiary/aromatic N) is 1. The van der Waals surface area contributed by atoms with Gasteiger partial charge in [0.1, 0.15) is 5.54 Å². The highest BCUT2D eigenvalue weighted by atomic mass is 32.2. The average molecular weight is 256 g/mol. The van der Waals surface area contributed by atoms with Crippen molar-refractivity contribution in [1.82, 2.24) is 10.2 Å². The van der Waals surface area contributed by atoms with E-state index in [0.717, 1.165) is 31.4 Å². The number of urea groups is 1. The van der Waals surface area contributed by atoms with Crippen molar-refractivity contribution in [2.45, 2.75) is 44.1 Å². The van der Waals surface area contributed by atoms with Crippen LogP contribution in [0.1, 0.15) is 38.5 Å². The molecule has 1 saturated carbocycles. The highest BCUT2D eigenvalue weighted by Crippen LogP contribution is 2.36. The maximum Gasteiger partial charge on any atom is 0.325 e. The lowest BCUT2D eigenvalue weighted by atomic mass is 9.89. The normalized spacial score (nSPS) is 23.9. The van der Waals surface area contributed by atoms with Gasteiger partial charge < -0.3 is 4.90 Å². The molecule has 0 radical (unpaired) electrons. The van der Waals surface area contributed by atoms with Crippen molar-refractivity contribution in [1.29, 1.82) is 0 Å². The predicted molar refractivity (Wildman–Crippen MR) is 69.1 cm³/mol. The van der Waals surface area contributed by atoms with E-state index in [1.165, 1.54) is 12.8 Å². The Hall–Kier alpha value is -0.710. The van der Waals surface area contributed by atoms with Gasteiger partial charge in [-0.05, 0) is 19.1 Å². The number of carbonyl (C=O) groups excluding carboxylic acids is 2. The van der Waals surface area contributed by atoms with Crippen LogP contribution in [0.4, 0.5) is 4.79 Å². The van der Waals surface area contributed by atoms with Crippen LogP contribution in [0.2, 0.25) is 0 Å².